The minimum absolute atomic E-state index is 0.176. The van der Waals surface area contributed by atoms with Gasteiger partial charge < -0.3 is 10.4 Å². The smallest absolute Gasteiger partial charge is 0.0582 e. The van der Waals surface area contributed by atoms with Crippen LogP contribution >= 0.6 is 0 Å². The van der Waals surface area contributed by atoms with Crippen LogP contribution in [0, 0.1) is 0 Å². The van der Waals surface area contributed by atoms with Crippen molar-refractivity contribution in [1.29, 1.82) is 0 Å². The minimum atomic E-state index is 0.176. The molecule has 82 valence electrons. The van der Waals surface area contributed by atoms with Gasteiger partial charge in [0.1, 0.15) is 0 Å². The molecule has 1 aromatic carbocycles. The molecule has 2 rings (SSSR count). The van der Waals surface area contributed by atoms with Crippen LogP contribution in [0.15, 0.2) is 24.3 Å². The van der Waals surface area contributed by atoms with Gasteiger partial charge in [-0.1, -0.05) is 24.3 Å². The molecule has 2 heteroatoms. The Balaban J connectivity index is 1.92. The Morgan fingerprint density at radius 2 is 2.27 bits per heavy atom. The van der Waals surface area contributed by atoms with E-state index in [1.165, 1.54) is 24.0 Å². The third-order valence-corrected chi connectivity index (χ3v) is 2.93. The molecule has 1 saturated carbocycles. The number of rotatable bonds is 5. The Bertz CT molecular complexity index is 320. The van der Waals surface area contributed by atoms with Gasteiger partial charge in [-0.15, -0.1) is 0 Å². The first kappa shape index (κ1) is 10.7. The molecule has 1 aliphatic carbocycles. The average molecular weight is 205 g/mol. The highest BCUT2D eigenvalue weighted by Gasteiger charge is 2.23. The highest BCUT2D eigenvalue weighted by Crippen LogP contribution is 2.40. The summed E-state index contributed by atoms with van der Waals surface area (Å²) in [5, 5.41) is 12.2. The molecule has 0 amide bonds. The molecule has 1 aliphatic rings. The molecular formula is C13H19NO. The fourth-order valence-corrected chi connectivity index (χ4v) is 1.73. The monoisotopic (exact) mass is 205 g/mol. The Morgan fingerprint density at radius 3 is 2.93 bits per heavy atom. The van der Waals surface area contributed by atoms with E-state index >= 15 is 0 Å². The largest absolute Gasteiger partial charge is 0.395 e. The van der Waals surface area contributed by atoms with Crippen molar-refractivity contribution in [3.63, 3.8) is 0 Å². The number of hydrogen-bond donors (Lipinski definition) is 2. The van der Waals surface area contributed by atoms with Crippen molar-refractivity contribution in [3.05, 3.63) is 35.4 Å². The van der Waals surface area contributed by atoms with E-state index in [9.17, 15) is 0 Å². The van der Waals surface area contributed by atoms with Gasteiger partial charge >= 0.3 is 0 Å². The molecule has 1 aromatic rings. The maximum Gasteiger partial charge on any atom is 0.0582 e. The van der Waals surface area contributed by atoms with Gasteiger partial charge in [-0.2, -0.15) is 0 Å². The summed E-state index contributed by atoms with van der Waals surface area (Å²) in [7, 11) is 0. The van der Waals surface area contributed by atoms with Crippen LogP contribution in [0.4, 0.5) is 0 Å². The lowest BCUT2D eigenvalue weighted by Crippen LogP contribution is -2.28. The molecule has 0 aliphatic heterocycles. The summed E-state index contributed by atoms with van der Waals surface area (Å²) < 4.78 is 0. The van der Waals surface area contributed by atoms with Crippen molar-refractivity contribution in [2.75, 3.05) is 6.61 Å². The highest BCUT2D eigenvalue weighted by atomic mass is 16.3. The summed E-state index contributed by atoms with van der Waals surface area (Å²) in [5.74, 6) is 0.820. The fraction of sp³-hybridized carbons (Fsp3) is 0.538. The zero-order chi connectivity index (χ0) is 10.7. The fourth-order valence-electron chi connectivity index (χ4n) is 1.73. The lowest BCUT2D eigenvalue weighted by atomic mass is 10.1. The van der Waals surface area contributed by atoms with Gasteiger partial charge in [0.25, 0.3) is 0 Å². The van der Waals surface area contributed by atoms with Crippen molar-refractivity contribution < 1.29 is 5.11 Å². The van der Waals surface area contributed by atoms with Gasteiger partial charge in [0.05, 0.1) is 6.61 Å². The lowest BCUT2D eigenvalue weighted by Gasteiger charge is -2.11. The van der Waals surface area contributed by atoms with Crippen LogP contribution < -0.4 is 5.32 Å². The second kappa shape index (κ2) is 4.77. The average Bonchev–Trinajstić information content (AvgIpc) is 3.10. The third kappa shape index (κ3) is 3.05. The molecule has 0 saturated heterocycles. The van der Waals surface area contributed by atoms with Crippen LogP contribution in [0.5, 0.6) is 0 Å². The van der Waals surface area contributed by atoms with Gasteiger partial charge in [0, 0.05) is 12.6 Å². The molecule has 15 heavy (non-hydrogen) atoms. The predicted molar refractivity (Wildman–Crippen MR) is 61.8 cm³/mol. The van der Waals surface area contributed by atoms with Gasteiger partial charge in [-0.3, -0.25) is 0 Å². The molecule has 0 heterocycles. The van der Waals surface area contributed by atoms with Crippen molar-refractivity contribution in [2.45, 2.75) is 38.3 Å². The van der Waals surface area contributed by atoms with Crippen LogP contribution in [-0.4, -0.2) is 17.8 Å². The zero-order valence-corrected chi connectivity index (χ0v) is 9.24. The highest BCUT2D eigenvalue weighted by molar-refractivity contribution is 5.29. The maximum absolute atomic E-state index is 8.90. The topological polar surface area (TPSA) is 32.3 Å². The molecule has 1 fully saturated rings. The van der Waals surface area contributed by atoms with E-state index in [0.29, 0.717) is 0 Å². The van der Waals surface area contributed by atoms with Gasteiger partial charge in [-0.05, 0) is 36.8 Å². The molecule has 0 bridgehead atoms. The summed E-state index contributed by atoms with van der Waals surface area (Å²) in [6.45, 7) is 3.04. The molecule has 1 atom stereocenters. The van der Waals surface area contributed by atoms with Gasteiger partial charge in [-0.25, -0.2) is 0 Å². The van der Waals surface area contributed by atoms with Crippen molar-refractivity contribution >= 4 is 0 Å². The SMILES string of the molecule is C[C@H](CO)NCc1cccc(C2CC2)c1. The Kier molecular flexibility index (Phi) is 3.39. The van der Waals surface area contributed by atoms with E-state index in [1.807, 2.05) is 6.92 Å². The van der Waals surface area contributed by atoms with Crippen LogP contribution in [0.3, 0.4) is 0 Å². The first-order valence-electron chi connectivity index (χ1n) is 5.72. The van der Waals surface area contributed by atoms with E-state index in [-0.39, 0.29) is 12.6 Å². The van der Waals surface area contributed by atoms with Gasteiger partial charge in [0.2, 0.25) is 0 Å². The Hall–Kier alpha value is -0.860. The molecule has 0 spiro atoms. The number of aliphatic hydroxyl groups is 1. The van der Waals surface area contributed by atoms with E-state index in [4.69, 9.17) is 5.11 Å². The van der Waals surface area contributed by atoms with Crippen LogP contribution in [0.25, 0.3) is 0 Å². The number of nitrogens with one attached hydrogen (secondary N) is 1. The second-order valence-electron chi connectivity index (χ2n) is 4.48. The van der Waals surface area contributed by atoms with E-state index in [1.54, 1.807) is 0 Å². The molecule has 0 aromatic heterocycles. The Labute approximate surface area is 91.3 Å². The minimum Gasteiger partial charge on any atom is -0.395 e. The normalized spacial score (nSPS) is 17.7. The summed E-state index contributed by atoms with van der Waals surface area (Å²) >= 11 is 0. The first-order valence-corrected chi connectivity index (χ1v) is 5.72. The van der Waals surface area contributed by atoms with E-state index < -0.39 is 0 Å². The van der Waals surface area contributed by atoms with Crippen LogP contribution in [0.2, 0.25) is 0 Å². The second-order valence-corrected chi connectivity index (χ2v) is 4.48. The van der Waals surface area contributed by atoms with Crippen molar-refractivity contribution in [3.8, 4) is 0 Å². The summed E-state index contributed by atoms with van der Waals surface area (Å²) in [5.41, 5.74) is 2.80. The Morgan fingerprint density at radius 1 is 1.47 bits per heavy atom. The van der Waals surface area contributed by atoms with E-state index in [0.717, 1.165) is 12.5 Å². The molecule has 2 nitrogen and oxygen atoms in total. The summed E-state index contributed by atoms with van der Waals surface area (Å²) in [4.78, 5) is 0. The predicted octanol–water partition coefficient (Wildman–Crippen LogP) is 2.03. The molecule has 2 N–H and O–H groups in total. The summed E-state index contributed by atoms with van der Waals surface area (Å²) in [6.07, 6.45) is 2.70. The quantitative estimate of drug-likeness (QED) is 0.771. The molecule has 0 unspecified atom stereocenters. The van der Waals surface area contributed by atoms with Crippen molar-refractivity contribution in [2.24, 2.45) is 0 Å². The standard InChI is InChI=1S/C13H19NO/c1-10(9-15)14-8-11-3-2-4-13(7-11)12-5-6-12/h2-4,7,10,12,14-15H,5-6,8-9H2,1H3/t10-/m1/s1. The number of benzene rings is 1. The summed E-state index contributed by atoms with van der Waals surface area (Å²) in [6, 6.07) is 8.96. The van der Waals surface area contributed by atoms with Crippen molar-refractivity contribution in [1.82, 2.24) is 5.32 Å². The molecular weight excluding hydrogens is 186 g/mol. The maximum atomic E-state index is 8.90. The van der Waals surface area contributed by atoms with E-state index in [2.05, 4.69) is 29.6 Å². The zero-order valence-electron chi connectivity index (χ0n) is 9.24. The number of hydrogen-bond acceptors (Lipinski definition) is 2. The first-order chi connectivity index (χ1) is 7.29. The van der Waals surface area contributed by atoms with Crippen LogP contribution in [-0.2, 0) is 6.54 Å². The third-order valence-electron chi connectivity index (χ3n) is 2.93. The van der Waals surface area contributed by atoms with Gasteiger partial charge in [0.15, 0.2) is 0 Å². The van der Waals surface area contributed by atoms with Crippen LogP contribution in [0.1, 0.15) is 36.8 Å². The molecule has 0 radical (unpaired) electrons. The number of aliphatic hydroxyl groups excluding tert-OH is 1. The lowest BCUT2D eigenvalue weighted by molar-refractivity contribution is 0.251.